The van der Waals surface area contributed by atoms with Crippen molar-refractivity contribution in [1.29, 1.82) is 0 Å². The van der Waals surface area contributed by atoms with Gasteiger partial charge < -0.3 is 9.30 Å². The molecule has 0 radical (unpaired) electrons. The quantitative estimate of drug-likeness (QED) is 0.831. The second-order valence-corrected chi connectivity index (χ2v) is 5.42. The van der Waals surface area contributed by atoms with Crippen molar-refractivity contribution in [3.05, 3.63) is 24.0 Å². The van der Waals surface area contributed by atoms with Gasteiger partial charge in [-0.1, -0.05) is 0 Å². The van der Waals surface area contributed by atoms with E-state index in [1.807, 2.05) is 32.0 Å². The van der Waals surface area contributed by atoms with E-state index in [4.69, 9.17) is 4.74 Å². The zero-order valence-electron chi connectivity index (χ0n) is 12.1. The summed E-state index contributed by atoms with van der Waals surface area (Å²) in [6.45, 7) is 6.24. The predicted octanol–water partition coefficient (Wildman–Crippen LogP) is 3.23. The van der Waals surface area contributed by atoms with E-state index in [0.717, 1.165) is 22.6 Å². The molecule has 2 rings (SSSR count). The van der Waals surface area contributed by atoms with E-state index in [1.165, 1.54) is 0 Å². The van der Waals surface area contributed by atoms with Crippen molar-refractivity contribution in [1.82, 2.24) is 9.55 Å². The largest absolute Gasteiger partial charge is 0.491 e. The van der Waals surface area contributed by atoms with Crippen molar-refractivity contribution in [2.45, 2.75) is 45.6 Å². The molecule has 0 aliphatic heterocycles. The zero-order chi connectivity index (χ0) is 14.7. The summed E-state index contributed by atoms with van der Waals surface area (Å²) in [5, 5.41) is 0. The van der Waals surface area contributed by atoms with E-state index in [9.17, 15) is 4.79 Å². The highest BCUT2D eigenvalue weighted by molar-refractivity contribution is 7.79. The minimum absolute atomic E-state index is 0.136. The molecule has 1 heterocycles. The summed E-state index contributed by atoms with van der Waals surface area (Å²) in [4.78, 5) is 15.7. The number of aryl methyl sites for hydroxylation is 1. The second-order valence-electron chi connectivity index (χ2n) is 5.11. The molecule has 2 aromatic rings. The molecule has 0 amide bonds. The number of ketones is 1. The first-order chi connectivity index (χ1) is 9.51. The Labute approximate surface area is 124 Å². The van der Waals surface area contributed by atoms with E-state index in [-0.39, 0.29) is 11.9 Å². The Morgan fingerprint density at radius 3 is 2.80 bits per heavy atom. The highest BCUT2D eigenvalue weighted by Crippen LogP contribution is 2.23. The number of fused-ring (bicyclic) bond motifs is 1. The molecule has 108 valence electrons. The predicted molar refractivity (Wildman–Crippen MR) is 83.5 cm³/mol. The maximum Gasteiger partial charge on any atom is 0.131 e. The number of hydrogen-bond acceptors (Lipinski definition) is 4. The molecule has 0 atom stereocenters. The average molecular weight is 292 g/mol. The lowest BCUT2D eigenvalue weighted by molar-refractivity contribution is -0.117. The van der Waals surface area contributed by atoms with Crippen LogP contribution in [0.3, 0.4) is 0 Å². The first kappa shape index (κ1) is 14.9. The Kier molecular flexibility index (Phi) is 4.70. The van der Waals surface area contributed by atoms with Gasteiger partial charge in [0.2, 0.25) is 0 Å². The molecule has 0 N–H and O–H groups in total. The van der Waals surface area contributed by atoms with Crippen LogP contribution < -0.4 is 4.74 Å². The van der Waals surface area contributed by atoms with E-state index >= 15 is 0 Å². The van der Waals surface area contributed by atoms with Crippen molar-refractivity contribution < 1.29 is 9.53 Å². The van der Waals surface area contributed by atoms with Crippen molar-refractivity contribution in [3.63, 3.8) is 0 Å². The van der Waals surface area contributed by atoms with Gasteiger partial charge in [0.15, 0.2) is 0 Å². The number of Topliss-reactive ketones (excluding diaryl/α,β-unsaturated/α-hetero) is 1. The number of thiol groups is 1. The van der Waals surface area contributed by atoms with Crippen LogP contribution >= 0.6 is 12.6 Å². The van der Waals surface area contributed by atoms with Gasteiger partial charge in [-0.25, -0.2) is 4.98 Å². The SMILES string of the molecule is CC(=O)CCn1c(CS)nc2cc(OC(C)C)ccc21. The molecule has 0 spiro atoms. The number of nitrogens with zero attached hydrogens (tertiary/aromatic N) is 2. The number of imidazole rings is 1. The molecular formula is C15H20N2O2S. The number of carbonyl (C=O) groups excluding carboxylic acids is 1. The number of rotatable bonds is 6. The Balaban J connectivity index is 2.38. The van der Waals surface area contributed by atoms with E-state index in [2.05, 4.69) is 22.2 Å². The smallest absolute Gasteiger partial charge is 0.131 e. The fraction of sp³-hybridized carbons (Fsp3) is 0.467. The molecule has 1 aromatic heterocycles. The normalized spacial score (nSPS) is 11.2. The van der Waals surface area contributed by atoms with Crippen LogP contribution in [0.4, 0.5) is 0 Å². The third-order valence-electron chi connectivity index (χ3n) is 3.00. The van der Waals surface area contributed by atoms with Gasteiger partial charge >= 0.3 is 0 Å². The number of hydrogen-bond donors (Lipinski definition) is 1. The summed E-state index contributed by atoms with van der Waals surface area (Å²) in [7, 11) is 0. The topological polar surface area (TPSA) is 44.1 Å². The van der Waals surface area contributed by atoms with Crippen LogP contribution in [0.1, 0.15) is 33.0 Å². The highest BCUT2D eigenvalue weighted by atomic mass is 32.1. The molecule has 1 aromatic carbocycles. The van der Waals surface area contributed by atoms with Gasteiger partial charge in [0.05, 0.1) is 17.1 Å². The molecule has 0 saturated carbocycles. The van der Waals surface area contributed by atoms with Crippen LogP contribution in [0, 0.1) is 0 Å². The molecular weight excluding hydrogens is 272 g/mol. The summed E-state index contributed by atoms with van der Waals surface area (Å²) in [5.74, 6) is 2.42. The molecule has 0 saturated heterocycles. The summed E-state index contributed by atoms with van der Waals surface area (Å²) >= 11 is 4.32. The molecule has 0 unspecified atom stereocenters. The van der Waals surface area contributed by atoms with Crippen molar-refractivity contribution in [3.8, 4) is 5.75 Å². The Bertz CT molecular complexity index is 620. The highest BCUT2D eigenvalue weighted by Gasteiger charge is 2.11. The van der Waals surface area contributed by atoms with Crippen LogP contribution in [-0.2, 0) is 17.1 Å². The van der Waals surface area contributed by atoms with E-state index in [1.54, 1.807) is 6.92 Å². The molecule has 4 nitrogen and oxygen atoms in total. The van der Waals surface area contributed by atoms with Gasteiger partial charge in [-0.15, -0.1) is 0 Å². The summed E-state index contributed by atoms with van der Waals surface area (Å²) in [6.07, 6.45) is 0.646. The van der Waals surface area contributed by atoms with Crippen molar-refractivity contribution >= 4 is 29.4 Å². The Morgan fingerprint density at radius 2 is 2.20 bits per heavy atom. The fourth-order valence-electron chi connectivity index (χ4n) is 2.14. The minimum Gasteiger partial charge on any atom is -0.491 e. The Morgan fingerprint density at radius 1 is 1.45 bits per heavy atom. The van der Waals surface area contributed by atoms with Crippen LogP contribution in [0.15, 0.2) is 18.2 Å². The van der Waals surface area contributed by atoms with Crippen molar-refractivity contribution in [2.75, 3.05) is 0 Å². The lowest BCUT2D eigenvalue weighted by Crippen LogP contribution is -2.06. The summed E-state index contributed by atoms with van der Waals surface area (Å²) in [6, 6.07) is 5.87. The maximum atomic E-state index is 11.2. The first-order valence-corrected chi connectivity index (χ1v) is 7.40. The van der Waals surface area contributed by atoms with Gasteiger partial charge in [-0.3, -0.25) is 4.79 Å². The van der Waals surface area contributed by atoms with Gasteiger partial charge in [-0.2, -0.15) is 12.6 Å². The van der Waals surface area contributed by atoms with E-state index in [0.29, 0.717) is 18.7 Å². The third-order valence-corrected chi connectivity index (χ3v) is 3.28. The molecule has 20 heavy (non-hydrogen) atoms. The van der Waals surface area contributed by atoms with Gasteiger partial charge in [-0.05, 0) is 32.9 Å². The first-order valence-electron chi connectivity index (χ1n) is 6.77. The Hall–Kier alpha value is -1.49. The monoisotopic (exact) mass is 292 g/mol. The molecule has 0 bridgehead atoms. The average Bonchev–Trinajstić information content (AvgIpc) is 2.72. The molecule has 0 aliphatic rings. The summed E-state index contributed by atoms with van der Waals surface area (Å²) in [5.41, 5.74) is 1.90. The number of benzene rings is 1. The molecule has 0 aliphatic carbocycles. The van der Waals surface area contributed by atoms with Crippen LogP contribution in [0.25, 0.3) is 11.0 Å². The minimum atomic E-state index is 0.136. The standard InChI is InChI=1S/C15H20N2O2S/c1-10(2)19-12-4-5-14-13(8-12)16-15(9-20)17(14)7-6-11(3)18/h4-5,8,10,20H,6-7,9H2,1-3H3. The summed E-state index contributed by atoms with van der Waals surface area (Å²) < 4.78 is 7.74. The lowest BCUT2D eigenvalue weighted by atomic mass is 10.2. The molecule has 0 fully saturated rings. The molecule has 5 heteroatoms. The number of carbonyl (C=O) groups is 1. The zero-order valence-corrected chi connectivity index (χ0v) is 13.0. The maximum absolute atomic E-state index is 11.2. The van der Waals surface area contributed by atoms with Gasteiger partial charge in [0.1, 0.15) is 17.4 Å². The van der Waals surface area contributed by atoms with Crippen LogP contribution in [-0.4, -0.2) is 21.4 Å². The van der Waals surface area contributed by atoms with Crippen LogP contribution in [0.2, 0.25) is 0 Å². The number of aromatic nitrogens is 2. The van der Waals surface area contributed by atoms with Gasteiger partial charge in [0.25, 0.3) is 0 Å². The second kappa shape index (κ2) is 6.31. The van der Waals surface area contributed by atoms with Crippen LogP contribution in [0.5, 0.6) is 5.75 Å². The van der Waals surface area contributed by atoms with E-state index < -0.39 is 0 Å². The van der Waals surface area contributed by atoms with Gasteiger partial charge in [0, 0.05) is 24.8 Å². The fourth-order valence-corrected chi connectivity index (χ4v) is 2.39. The lowest BCUT2D eigenvalue weighted by Gasteiger charge is -2.10. The third kappa shape index (κ3) is 3.33. The number of ether oxygens (including phenoxy) is 1. The van der Waals surface area contributed by atoms with Crippen molar-refractivity contribution in [2.24, 2.45) is 0 Å².